The van der Waals surface area contributed by atoms with Gasteiger partial charge in [-0.3, -0.25) is 0 Å². The predicted octanol–water partition coefficient (Wildman–Crippen LogP) is 2.95. The van der Waals surface area contributed by atoms with Crippen molar-refractivity contribution in [1.29, 1.82) is 0 Å². The molecule has 1 aromatic carbocycles. The normalized spacial score (nSPS) is 13.0. The summed E-state index contributed by atoms with van der Waals surface area (Å²) in [5.74, 6) is 0.00693. The maximum absolute atomic E-state index is 11.1. The summed E-state index contributed by atoms with van der Waals surface area (Å²) >= 11 is 0. The van der Waals surface area contributed by atoms with E-state index in [0.717, 1.165) is 36.5 Å². The third kappa shape index (κ3) is 3.08. The second kappa shape index (κ2) is 6.26. The van der Waals surface area contributed by atoms with Crippen LogP contribution in [-0.2, 0) is 0 Å². The first kappa shape index (κ1) is 15.5. The van der Waals surface area contributed by atoms with Crippen molar-refractivity contribution >= 4 is 17.0 Å². The molecule has 114 valence electrons. The van der Waals surface area contributed by atoms with Gasteiger partial charge in [0.25, 0.3) is 0 Å². The molecule has 1 unspecified atom stereocenters. The molecule has 5 heteroatoms. The number of aromatic nitrogens is 2. The van der Waals surface area contributed by atoms with E-state index in [1.54, 1.807) is 12.1 Å². The van der Waals surface area contributed by atoms with E-state index in [0.29, 0.717) is 6.04 Å². The van der Waals surface area contributed by atoms with Crippen LogP contribution in [0.5, 0.6) is 0 Å². The lowest BCUT2D eigenvalue weighted by Crippen LogP contribution is -2.29. The third-order valence-corrected chi connectivity index (χ3v) is 3.97. The van der Waals surface area contributed by atoms with E-state index < -0.39 is 5.97 Å². The highest BCUT2D eigenvalue weighted by Gasteiger charge is 2.16. The van der Waals surface area contributed by atoms with Crippen molar-refractivity contribution < 1.29 is 9.90 Å². The van der Waals surface area contributed by atoms with Gasteiger partial charge in [-0.25, -0.2) is 9.78 Å². The lowest BCUT2D eigenvalue weighted by atomic mass is 10.2. The fraction of sp³-hybridized carbons (Fsp3) is 0.500. The molecule has 0 amide bonds. The number of aromatic carboxylic acids is 1. The van der Waals surface area contributed by atoms with Gasteiger partial charge >= 0.3 is 5.97 Å². The number of likely N-dealkylation sites (N-methyl/N-ethyl adjacent to an activating group) is 1. The minimum atomic E-state index is -0.916. The van der Waals surface area contributed by atoms with Crippen LogP contribution in [0.2, 0.25) is 0 Å². The van der Waals surface area contributed by atoms with Gasteiger partial charge in [0.15, 0.2) is 0 Å². The molecule has 0 spiro atoms. The van der Waals surface area contributed by atoms with Gasteiger partial charge in [0.05, 0.1) is 16.6 Å². The summed E-state index contributed by atoms with van der Waals surface area (Å²) in [6, 6.07) is 5.44. The highest BCUT2D eigenvalue weighted by atomic mass is 16.4. The number of hydrogen-bond acceptors (Lipinski definition) is 3. The lowest BCUT2D eigenvalue weighted by Gasteiger charge is -2.24. The molecule has 0 aliphatic rings. The molecule has 5 nitrogen and oxygen atoms in total. The number of carbonyl (C=O) groups is 1. The molecule has 1 N–H and O–H groups in total. The molecule has 0 saturated heterocycles. The number of aryl methyl sites for hydroxylation is 1. The number of rotatable bonds is 6. The van der Waals surface area contributed by atoms with Crippen LogP contribution in [0.25, 0.3) is 11.0 Å². The van der Waals surface area contributed by atoms with E-state index in [-0.39, 0.29) is 5.56 Å². The van der Waals surface area contributed by atoms with E-state index in [2.05, 4.69) is 35.2 Å². The molecule has 2 aromatic rings. The first-order chi connectivity index (χ1) is 9.97. The molecule has 1 aromatic heterocycles. The number of fused-ring (bicyclic) bond motifs is 1. The van der Waals surface area contributed by atoms with Crippen LogP contribution in [0.1, 0.15) is 43.0 Å². The summed E-state index contributed by atoms with van der Waals surface area (Å²) in [5, 5.41) is 9.07. The highest BCUT2D eigenvalue weighted by molar-refractivity contribution is 5.92. The van der Waals surface area contributed by atoms with E-state index in [4.69, 9.17) is 5.11 Å². The van der Waals surface area contributed by atoms with Gasteiger partial charge in [0.1, 0.15) is 5.82 Å². The smallest absolute Gasteiger partial charge is 0.335 e. The van der Waals surface area contributed by atoms with Gasteiger partial charge in [-0.15, -0.1) is 0 Å². The van der Waals surface area contributed by atoms with Gasteiger partial charge in [-0.2, -0.15) is 0 Å². The highest BCUT2D eigenvalue weighted by Crippen LogP contribution is 2.22. The molecule has 0 bridgehead atoms. The van der Waals surface area contributed by atoms with Crippen LogP contribution in [0.3, 0.4) is 0 Å². The largest absolute Gasteiger partial charge is 0.478 e. The van der Waals surface area contributed by atoms with Crippen molar-refractivity contribution in [2.24, 2.45) is 0 Å². The number of nitrogens with zero attached hydrogens (tertiary/aromatic N) is 3. The Kier molecular flexibility index (Phi) is 4.63. The first-order valence-electron chi connectivity index (χ1n) is 7.42. The van der Waals surface area contributed by atoms with Crippen LogP contribution < -0.4 is 0 Å². The Hall–Kier alpha value is -1.88. The van der Waals surface area contributed by atoms with Crippen LogP contribution in [0.15, 0.2) is 18.2 Å². The Bertz CT molecular complexity index is 644. The zero-order valence-corrected chi connectivity index (χ0v) is 13.1. The van der Waals surface area contributed by atoms with Crippen LogP contribution in [0, 0.1) is 6.92 Å². The second-order valence-corrected chi connectivity index (χ2v) is 5.37. The van der Waals surface area contributed by atoms with Crippen molar-refractivity contribution in [1.82, 2.24) is 14.5 Å². The molecule has 0 saturated carbocycles. The second-order valence-electron chi connectivity index (χ2n) is 5.37. The zero-order chi connectivity index (χ0) is 15.6. The van der Waals surface area contributed by atoms with E-state index >= 15 is 0 Å². The summed E-state index contributed by atoms with van der Waals surface area (Å²) < 4.78 is 2.19. The Morgan fingerprint density at radius 3 is 2.62 bits per heavy atom. The average molecular weight is 289 g/mol. The maximum atomic E-state index is 11.1. The summed E-state index contributed by atoms with van der Waals surface area (Å²) in [5.41, 5.74) is 2.03. The fourth-order valence-corrected chi connectivity index (χ4v) is 2.85. The molecular weight excluding hydrogens is 266 g/mol. The van der Waals surface area contributed by atoms with Crippen molar-refractivity contribution in [3.63, 3.8) is 0 Å². The molecule has 1 atom stereocenters. The monoisotopic (exact) mass is 289 g/mol. The molecule has 0 aliphatic carbocycles. The number of benzene rings is 1. The van der Waals surface area contributed by atoms with Crippen LogP contribution in [0.4, 0.5) is 0 Å². The quantitative estimate of drug-likeness (QED) is 0.888. The first-order valence-corrected chi connectivity index (χ1v) is 7.42. The fourth-order valence-electron chi connectivity index (χ4n) is 2.85. The Labute approximate surface area is 125 Å². The number of imidazole rings is 1. The van der Waals surface area contributed by atoms with Crippen molar-refractivity contribution in [3.8, 4) is 0 Å². The summed E-state index contributed by atoms with van der Waals surface area (Å²) in [6.07, 6.45) is 0. The molecule has 2 rings (SSSR count). The van der Waals surface area contributed by atoms with E-state index in [9.17, 15) is 4.79 Å². The van der Waals surface area contributed by atoms with Gasteiger partial charge in [-0.05, 0) is 45.1 Å². The van der Waals surface area contributed by atoms with Gasteiger partial charge < -0.3 is 14.6 Å². The SMILES string of the molecule is CCN(CC)CC(C)n1c(C)nc2cc(C(=O)O)ccc21. The van der Waals surface area contributed by atoms with E-state index in [1.165, 1.54) is 0 Å². The number of carboxylic acid groups (broad SMARTS) is 1. The van der Waals surface area contributed by atoms with Crippen LogP contribution >= 0.6 is 0 Å². The number of carboxylic acids is 1. The third-order valence-electron chi connectivity index (χ3n) is 3.97. The summed E-state index contributed by atoms with van der Waals surface area (Å²) in [6.45, 7) is 11.5. The Balaban J connectivity index is 2.39. The average Bonchev–Trinajstić information content (AvgIpc) is 2.79. The molecule has 0 radical (unpaired) electrons. The maximum Gasteiger partial charge on any atom is 0.335 e. The molecule has 21 heavy (non-hydrogen) atoms. The van der Waals surface area contributed by atoms with Gasteiger partial charge in [-0.1, -0.05) is 13.8 Å². The Morgan fingerprint density at radius 2 is 2.05 bits per heavy atom. The molecular formula is C16H23N3O2. The summed E-state index contributed by atoms with van der Waals surface area (Å²) in [4.78, 5) is 17.9. The predicted molar refractivity (Wildman–Crippen MR) is 83.9 cm³/mol. The van der Waals surface area contributed by atoms with Gasteiger partial charge in [0, 0.05) is 12.6 Å². The topological polar surface area (TPSA) is 58.4 Å². The van der Waals surface area contributed by atoms with Gasteiger partial charge in [0.2, 0.25) is 0 Å². The van der Waals surface area contributed by atoms with Crippen molar-refractivity contribution in [2.45, 2.75) is 33.7 Å². The van der Waals surface area contributed by atoms with E-state index in [1.807, 2.05) is 13.0 Å². The van der Waals surface area contributed by atoms with Crippen LogP contribution in [-0.4, -0.2) is 45.2 Å². The standard InChI is InChI=1S/C16H23N3O2/c1-5-18(6-2)10-11(3)19-12(4)17-14-9-13(16(20)21)7-8-15(14)19/h7-9,11H,5-6,10H2,1-4H3,(H,20,21). The Morgan fingerprint density at radius 1 is 1.38 bits per heavy atom. The molecule has 0 aliphatic heterocycles. The molecule has 0 fully saturated rings. The lowest BCUT2D eigenvalue weighted by molar-refractivity contribution is 0.0697. The van der Waals surface area contributed by atoms with Crippen molar-refractivity contribution in [3.05, 3.63) is 29.6 Å². The minimum absolute atomic E-state index is 0.281. The van der Waals surface area contributed by atoms with Crippen molar-refractivity contribution in [2.75, 3.05) is 19.6 Å². The number of hydrogen-bond donors (Lipinski definition) is 1. The summed E-state index contributed by atoms with van der Waals surface area (Å²) in [7, 11) is 0. The minimum Gasteiger partial charge on any atom is -0.478 e. The molecule has 1 heterocycles. The zero-order valence-electron chi connectivity index (χ0n) is 13.1.